The van der Waals surface area contributed by atoms with Crippen molar-refractivity contribution < 1.29 is 9.53 Å². The first-order valence-electron chi connectivity index (χ1n) is 8.77. The quantitative estimate of drug-likeness (QED) is 0.679. The number of aromatic nitrogens is 2. The zero-order valence-corrected chi connectivity index (χ0v) is 14.6. The van der Waals surface area contributed by atoms with Crippen molar-refractivity contribution in [3.8, 4) is 5.88 Å². The van der Waals surface area contributed by atoms with Crippen molar-refractivity contribution >= 4 is 5.91 Å². The van der Waals surface area contributed by atoms with E-state index in [4.69, 9.17) is 4.74 Å². The molecule has 1 aromatic carbocycles. The molecule has 1 N–H and O–H groups in total. The Morgan fingerprint density at radius 2 is 2.00 bits per heavy atom. The molecule has 0 spiro atoms. The van der Waals surface area contributed by atoms with Crippen LogP contribution in [0.3, 0.4) is 0 Å². The first kappa shape index (κ1) is 18.0. The Hall–Kier alpha value is -2.30. The summed E-state index contributed by atoms with van der Waals surface area (Å²) >= 11 is 0. The van der Waals surface area contributed by atoms with Gasteiger partial charge in [0, 0.05) is 19.3 Å². The lowest BCUT2D eigenvalue weighted by Gasteiger charge is -2.06. The van der Waals surface area contributed by atoms with Crippen LogP contribution in [0.25, 0.3) is 0 Å². The lowest BCUT2D eigenvalue weighted by molar-refractivity contribution is 0.0949. The highest BCUT2D eigenvalue weighted by atomic mass is 16.5. The van der Waals surface area contributed by atoms with Gasteiger partial charge in [0.15, 0.2) is 0 Å². The third kappa shape index (κ3) is 5.41. The minimum Gasteiger partial charge on any atom is -0.476 e. The van der Waals surface area contributed by atoms with Gasteiger partial charge in [-0.1, -0.05) is 44.2 Å². The molecule has 0 aliphatic rings. The molecule has 0 aliphatic carbocycles. The van der Waals surface area contributed by atoms with E-state index in [1.165, 1.54) is 5.56 Å². The molecule has 0 atom stereocenters. The standard InChI is InChI=1S/C19H27N3O2/c1-3-13-22-15-17(19(21-22)24-14-4-2)18(23)20-12-8-11-16-9-6-5-7-10-16/h5-7,9-10,15H,3-4,8,11-14H2,1-2H3,(H,20,23). The molecule has 5 nitrogen and oxygen atoms in total. The SMILES string of the molecule is CCCOc1nn(CCC)cc1C(=O)NCCCc1ccccc1. The Morgan fingerprint density at radius 3 is 2.71 bits per heavy atom. The zero-order valence-electron chi connectivity index (χ0n) is 14.6. The summed E-state index contributed by atoms with van der Waals surface area (Å²) in [6.45, 7) is 6.10. The van der Waals surface area contributed by atoms with Gasteiger partial charge in [0.05, 0.1) is 6.61 Å². The van der Waals surface area contributed by atoms with E-state index >= 15 is 0 Å². The molecule has 24 heavy (non-hydrogen) atoms. The number of nitrogens with zero attached hydrogens (tertiary/aromatic N) is 2. The molecule has 1 aromatic heterocycles. The van der Waals surface area contributed by atoms with Crippen LogP contribution >= 0.6 is 0 Å². The molecular weight excluding hydrogens is 302 g/mol. The van der Waals surface area contributed by atoms with E-state index in [1.807, 2.05) is 25.1 Å². The van der Waals surface area contributed by atoms with Crippen LogP contribution < -0.4 is 10.1 Å². The van der Waals surface area contributed by atoms with E-state index in [0.717, 1.165) is 32.2 Å². The molecule has 1 amide bonds. The molecule has 1 heterocycles. The fourth-order valence-electron chi connectivity index (χ4n) is 2.44. The molecule has 5 heteroatoms. The van der Waals surface area contributed by atoms with Crippen LogP contribution in [-0.2, 0) is 13.0 Å². The lowest BCUT2D eigenvalue weighted by atomic mass is 10.1. The number of carbonyl (C=O) groups excluding carboxylic acids is 1. The van der Waals surface area contributed by atoms with Crippen molar-refractivity contribution in [2.75, 3.05) is 13.2 Å². The summed E-state index contributed by atoms with van der Waals surface area (Å²) in [7, 11) is 0. The average molecular weight is 329 g/mol. The summed E-state index contributed by atoms with van der Waals surface area (Å²) in [6, 6.07) is 10.3. The number of amides is 1. The van der Waals surface area contributed by atoms with Gasteiger partial charge in [0.1, 0.15) is 5.56 Å². The summed E-state index contributed by atoms with van der Waals surface area (Å²) in [4.78, 5) is 12.4. The normalized spacial score (nSPS) is 10.6. The van der Waals surface area contributed by atoms with Crippen molar-refractivity contribution in [1.29, 1.82) is 0 Å². The average Bonchev–Trinajstić information content (AvgIpc) is 3.01. The molecule has 0 radical (unpaired) electrons. The van der Waals surface area contributed by atoms with E-state index in [1.54, 1.807) is 10.9 Å². The molecule has 2 aromatic rings. The smallest absolute Gasteiger partial charge is 0.258 e. The monoisotopic (exact) mass is 329 g/mol. The number of rotatable bonds is 10. The summed E-state index contributed by atoms with van der Waals surface area (Å²) in [5.74, 6) is 0.322. The molecule has 0 fully saturated rings. The summed E-state index contributed by atoms with van der Waals surface area (Å²) in [5, 5.41) is 7.34. The Morgan fingerprint density at radius 1 is 1.21 bits per heavy atom. The first-order valence-corrected chi connectivity index (χ1v) is 8.77. The summed E-state index contributed by atoms with van der Waals surface area (Å²) in [6.07, 6.45) is 5.49. The highest BCUT2D eigenvalue weighted by molar-refractivity contribution is 5.96. The number of carbonyl (C=O) groups is 1. The fourth-order valence-corrected chi connectivity index (χ4v) is 2.44. The van der Waals surface area contributed by atoms with Crippen LogP contribution in [0.2, 0.25) is 0 Å². The van der Waals surface area contributed by atoms with Crippen LogP contribution in [0.15, 0.2) is 36.5 Å². The third-order valence-electron chi connectivity index (χ3n) is 3.64. The van der Waals surface area contributed by atoms with Crippen LogP contribution in [-0.4, -0.2) is 28.8 Å². The largest absolute Gasteiger partial charge is 0.476 e. The fraction of sp³-hybridized carbons (Fsp3) is 0.474. The van der Waals surface area contributed by atoms with Gasteiger partial charge in [0.2, 0.25) is 5.88 Å². The molecule has 0 unspecified atom stereocenters. The van der Waals surface area contributed by atoms with Crippen molar-refractivity contribution in [3.05, 3.63) is 47.7 Å². The lowest BCUT2D eigenvalue weighted by Crippen LogP contribution is -2.25. The Kier molecular flexibility index (Phi) is 7.33. The number of aryl methyl sites for hydroxylation is 2. The van der Waals surface area contributed by atoms with E-state index in [-0.39, 0.29) is 5.91 Å². The number of hydrogen-bond acceptors (Lipinski definition) is 3. The van der Waals surface area contributed by atoms with Gasteiger partial charge in [-0.25, -0.2) is 0 Å². The van der Waals surface area contributed by atoms with Crippen molar-refractivity contribution in [2.24, 2.45) is 0 Å². The summed E-state index contributed by atoms with van der Waals surface area (Å²) in [5.41, 5.74) is 1.81. The van der Waals surface area contributed by atoms with Crippen molar-refractivity contribution in [1.82, 2.24) is 15.1 Å². The highest BCUT2D eigenvalue weighted by Crippen LogP contribution is 2.16. The maximum atomic E-state index is 12.4. The van der Waals surface area contributed by atoms with Crippen LogP contribution in [0.5, 0.6) is 5.88 Å². The summed E-state index contributed by atoms with van der Waals surface area (Å²) < 4.78 is 7.40. The molecule has 130 valence electrons. The second kappa shape index (κ2) is 9.75. The van der Waals surface area contributed by atoms with Crippen molar-refractivity contribution in [2.45, 2.75) is 46.1 Å². The zero-order chi connectivity index (χ0) is 17.2. The number of ether oxygens (including phenoxy) is 1. The van der Waals surface area contributed by atoms with Gasteiger partial charge in [0.25, 0.3) is 5.91 Å². The number of benzene rings is 1. The van der Waals surface area contributed by atoms with Gasteiger partial charge in [-0.3, -0.25) is 9.48 Å². The Bertz CT molecular complexity index is 623. The van der Waals surface area contributed by atoms with E-state index in [9.17, 15) is 4.79 Å². The van der Waals surface area contributed by atoms with Crippen LogP contribution in [0.4, 0.5) is 0 Å². The molecule has 0 saturated heterocycles. The van der Waals surface area contributed by atoms with E-state index in [2.05, 4.69) is 29.5 Å². The third-order valence-corrected chi connectivity index (χ3v) is 3.64. The van der Waals surface area contributed by atoms with Crippen LogP contribution in [0, 0.1) is 0 Å². The van der Waals surface area contributed by atoms with Gasteiger partial charge in [-0.15, -0.1) is 5.10 Å². The minimum absolute atomic E-state index is 0.114. The van der Waals surface area contributed by atoms with E-state index < -0.39 is 0 Å². The molecule has 0 bridgehead atoms. The number of nitrogens with one attached hydrogen (secondary N) is 1. The van der Waals surface area contributed by atoms with E-state index in [0.29, 0.717) is 24.6 Å². The molecule has 2 rings (SSSR count). The van der Waals surface area contributed by atoms with Crippen LogP contribution in [0.1, 0.15) is 49.0 Å². The molecule has 0 aliphatic heterocycles. The second-order valence-electron chi connectivity index (χ2n) is 5.80. The highest BCUT2D eigenvalue weighted by Gasteiger charge is 2.17. The topological polar surface area (TPSA) is 56.2 Å². The van der Waals surface area contributed by atoms with Gasteiger partial charge in [-0.05, 0) is 31.2 Å². The number of hydrogen-bond donors (Lipinski definition) is 1. The maximum Gasteiger partial charge on any atom is 0.258 e. The van der Waals surface area contributed by atoms with Gasteiger partial charge < -0.3 is 10.1 Å². The minimum atomic E-state index is -0.114. The molecular formula is C19H27N3O2. The Labute approximate surface area is 144 Å². The second-order valence-corrected chi connectivity index (χ2v) is 5.80. The molecule has 0 saturated carbocycles. The maximum absolute atomic E-state index is 12.4. The Balaban J connectivity index is 1.88. The predicted molar refractivity (Wildman–Crippen MR) is 95.4 cm³/mol. The van der Waals surface area contributed by atoms with Gasteiger partial charge in [-0.2, -0.15) is 0 Å². The first-order chi connectivity index (χ1) is 11.7. The van der Waals surface area contributed by atoms with Crippen molar-refractivity contribution in [3.63, 3.8) is 0 Å². The van der Waals surface area contributed by atoms with Gasteiger partial charge >= 0.3 is 0 Å². The predicted octanol–water partition coefficient (Wildman–Crippen LogP) is 3.44.